The first-order chi connectivity index (χ1) is 18.5. The third-order valence-electron chi connectivity index (χ3n) is 8.62. The van der Waals surface area contributed by atoms with Gasteiger partial charge in [-0.05, 0) is 94.5 Å². The maximum atomic E-state index is 13.8. The maximum absolute atomic E-state index is 13.8. The van der Waals surface area contributed by atoms with Crippen molar-refractivity contribution in [1.29, 1.82) is 0 Å². The van der Waals surface area contributed by atoms with Crippen LogP contribution >= 0.6 is 11.8 Å². The first kappa shape index (κ1) is 28.3. The lowest BCUT2D eigenvalue weighted by atomic mass is 9.77. The molecule has 1 aromatic carbocycles. The molecule has 1 spiro atoms. The second-order valence-corrected chi connectivity index (χ2v) is 12.6. The van der Waals surface area contributed by atoms with E-state index in [0.717, 1.165) is 55.2 Å². The van der Waals surface area contributed by atoms with Gasteiger partial charge in [-0.25, -0.2) is 4.79 Å². The molecule has 10 heteroatoms. The summed E-state index contributed by atoms with van der Waals surface area (Å²) in [5.41, 5.74) is -1.24. The van der Waals surface area contributed by atoms with Gasteiger partial charge in [-0.2, -0.15) is 0 Å². The lowest BCUT2D eigenvalue weighted by Gasteiger charge is -2.39. The first-order valence-corrected chi connectivity index (χ1v) is 14.9. The van der Waals surface area contributed by atoms with Crippen molar-refractivity contribution in [2.45, 2.75) is 87.6 Å². The van der Waals surface area contributed by atoms with E-state index in [0.29, 0.717) is 30.1 Å². The fourth-order valence-corrected chi connectivity index (χ4v) is 7.09. The van der Waals surface area contributed by atoms with E-state index in [4.69, 9.17) is 18.9 Å². The Kier molecular flexibility index (Phi) is 7.69. The van der Waals surface area contributed by atoms with Gasteiger partial charge in [0.2, 0.25) is 6.79 Å². The molecule has 1 fully saturated rings. The Morgan fingerprint density at radius 2 is 1.92 bits per heavy atom. The summed E-state index contributed by atoms with van der Waals surface area (Å²) in [6.45, 7) is 5.29. The second kappa shape index (κ2) is 10.6. The third kappa shape index (κ3) is 5.28. The molecule has 4 atom stereocenters. The molecule has 1 saturated heterocycles. The molecule has 0 saturated carbocycles. The number of fused-ring (bicyclic) bond motifs is 3. The highest BCUT2D eigenvalue weighted by atomic mass is 32.2. The van der Waals surface area contributed by atoms with Crippen LogP contribution in [-0.2, 0) is 25.5 Å². The minimum Gasteiger partial charge on any atom is -0.497 e. The van der Waals surface area contributed by atoms with Crippen LogP contribution in [0, 0.1) is 0 Å². The zero-order valence-corrected chi connectivity index (χ0v) is 24.0. The minimum absolute atomic E-state index is 0.00190. The summed E-state index contributed by atoms with van der Waals surface area (Å²) >= 11 is 0.966. The fraction of sp³-hybridized carbons (Fsp3) is 0.655. The smallest absolute Gasteiger partial charge is 0.339 e. The van der Waals surface area contributed by atoms with Crippen molar-refractivity contribution in [2.75, 3.05) is 33.2 Å². The van der Waals surface area contributed by atoms with Crippen molar-refractivity contribution in [1.82, 2.24) is 4.90 Å². The van der Waals surface area contributed by atoms with Gasteiger partial charge in [0.05, 0.1) is 30.6 Å². The SMILES string of the molecule is COC1=CC23CCCN2CCc2cc4c(cc2C3C1OC(=O)C(O)(CCCC(C)(C)O)CC(=O)SC)OCO4. The van der Waals surface area contributed by atoms with Gasteiger partial charge in [0.15, 0.2) is 28.3 Å². The molecule has 0 amide bonds. The van der Waals surface area contributed by atoms with Crippen LogP contribution in [0.25, 0.3) is 0 Å². The van der Waals surface area contributed by atoms with Gasteiger partial charge < -0.3 is 29.2 Å². The lowest BCUT2D eigenvalue weighted by Crippen LogP contribution is -2.49. The van der Waals surface area contributed by atoms with E-state index < -0.39 is 28.8 Å². The summed E-state index contributed by atoms with van der Waals surface area (Å²) in [5.74, 6) is 0.804. The van der Waals surface area contributed by atoms with Gasteiger partial charge in [-0.1, -0.05) is 11.8 Å². The van der Waals surface area contributed by atoms with Crippen molar-refractivity contribution >= 4 is 22.8 Å². The molecule has 4 aliphatic rings. The first-order valence-electron chi connectivity index (χ1n) is 13.7. The molecule has 5 rings (SSSR count). The van der Waals surface area contributed by atoms with Crippen LogP contribution in [0.4, 0.5) is 0 Å². The highest BCUT2D eigenvalue weighted by Crippen LogP contribution is 2.55. The Balaban J connectivity index is 1.50. The predicted octanol–water partition coefficient (Wildman–Crippen LogP) is 3.30. The van der Waals surface area contributed by atoms with Crippen LogP contribution in [0.15, 0.2) is 24.0 Å². The fourth-order valence-electron chi connectivity index (χ4n) is 6.71. The van der Waals surface area contributed by atoms with E-state index in [2.05, 4.69) is 11.0 Å². The van der Waals surface area contributed by atoms with Crippen molar-refractivity contribution in [3.8, 4) is 11.5 Å². The molecule has 9 nitrogen and oxygen atoms in total. The molecule has 3 aliphatic heterocycles. The topological polar surface area (TPSA) is 115 Å². The monoisotopic (exact) mass is 561 g/mol. The molecule has 1 aliphatic carbocycles. The van der Waals surface area contributed by atoms with Gasteiger partial charge in [0.25, 0.3) is 0 Å². The number of thioether (sulfide) groups is 1. The summed E-state index contributed by atoms with van der Waals surface area (Å²) in [4.78, 5) is 28.7. The number of ether oxygens (including phenoxy) is 4. The Morgan fingerprint density at radius 1 is 1.18 bits per heavy atom. The van der Waals surface area contributed by atoms with Gasteiger partial charge in [-0.15, -0.1) is 0 Å². The number of benzene rings is 1. The molecule has 0 aromatic heterocycles. The van der Waals surface area contributed by atoms with Gasteiger partial charge >= 0.3 is 5.97 Å². The largest absolute Gasteiger partial charge is 0.497 e. The summed E-state index contributed by atoms with van der Waals surface area (Å²) < 4.78 is 23.4. The average Bonchev–Trinajstić information content (AvgIpc) is 3.56. The van der Waals surface area contributed by atoms with Crippen LogP contribution in [0.2, 0.25) is 0 Å². The number of hydrogen-bond donors (Lipinski definition) is 2. The Labute approximate surface area is 233 Å². The summed E-state index contributed by atoms with van der Waals surface area (Å²) in [7, 11) is 1.57. The highest BCUT2D eigenvalue weighted by Gasteiger charge is 2.59. The molecule has 2 N–H and O–H groups in total. The molecule has 39 heavy (non-hydrogen) atoms. The Bertz CT molecular complexity index is 1160. The van der Waals surface area contributed by atoms with Crippen molar-refractivity contribution in [2.24, 2.45) is 0 Å². The maximum Gasteiger partial charge on any atom is 0.339 e. The van der Waals surface area contributed by atoms with Crippen LogP contribution in [0.5, 0.6) is 11.5 Å². The molecular weight excluding hydrogens is 522 g/mol. The van der Waals surface area contributed by atoms with Crippen molar-refractivity contribution in [3.63, 3.8) is 0 Å². The molecule has 214 valence electrons. The quantitative estimate of drug-likeness (QED) is 0.435. The van der Waals surface area contributed by atoms with Gasteiger partial charge in [-0.3, -0.25) is 9.69 Å². The normalized spacial score (nSPS) is 27.1. The molecule has 3 heterocycles. The van der Waals surface area contributed by atoms with Crippen LogP contribution in [0.3, 0.4) is 0 Å². The van der Waals surface area contributed by atoms with E-state index in [1.165, 1.54) is 0 Å². The van der Waals surface area contributed by atoms with Crippen molar-refractivity contribution in [3.05, 3.63) is 35.1 Å². The standard InChI is InChI=1S/C29H39NO8S/c1-27(2,33)8-5-10-29(34,16-23(31)39-4)26(32)38-25-22(35-3)15-28-9-6-11-30(28)12-7-18-13-20-21(37-17-36-20)14-19(18)24(25)28/h13-15,24-25,33-34H,5-12,16-17H2,1-4H3. The zero-order chi connectivity index (χ0) is 28.0. The summed E-state index contributed by atoms with van der Waals surface area (Å²) in [6, 6.07) is 4.04. The van der Waals surface area contributed by atoms with Crippen LogP contribution < -0.4 is 9.47 Å². The number of nitrogens with zero attached hydrogens (tertiary/aromatic N) is 1. The van der Waals surface area contributed by atoms with E-state index >= 15 is 0 Å². The van der Waals surface area contributed by atoms with E-state index in [1.807, 2.05) is 12.1 Å². The number of rotatable bonds is 9. The number of methoxy groups -OCH3 is 1. The van der Waals surface area contributed by atoms with E-state index in [9.17, 15) is 19.8 Å². The minimum atomic E-state index is -2.02. The number of esters is 1. The number of carbonyl (C=O) groups excluding carboxylic acids is 2. The van der Waals surface area contributed by atoms with Crippen molar-refractivity contribution < 1.29 is 38.7 Å². The summed E-state index contributed by atoms with van der Waals surface area (Å²) in [6.07, 6.45) is 6.00. The predicted molar refractivity (Wildman–Crippen MR) is 146 cm³/mol. The molecular formula is C29H39NO8S. The van der Waals surface area contributed by atoms with Crippen LogP contribution in [-0.4, -0.2) is 82.3 Å². The molecule has 0 radical (unpaired) electrons. The summed E-state index contributed by atoms with van der Waals surface area (Å²) in [5, 5.41) is 21.4. The molecule has 1 aromatic rings. The van der Waals surface area contributed by atoms with Gasteiger partial charge in [0, 0.05) is 6.54 Å². The number of hydrogen-bond acceptors (Lipinski definition) is 10. The number of carbonyl (C=O) groups is 2. The van der Waals surface area contributed by atoms with Gasteiger partial charge in [0.1, 0.15) is 5.76 Å². The third-order valence-corrected chi connectivity index (χ3v) is 9.22. The highest BCUT2D eigenvalue weighted by molar-refractivity contribution is 8.13. The zero-order valence-electron chi connectivity index (χ0n) is 23.2. The molecule has 0 bridgehead atoms. The van der Waals surface area contributed by atoms with E-state index in [-0.39, 0.29) is 30.7 Å². The van der Waals surface area contributed by atoms with Crippen LogP contribution in [0.1, 0.15) is 69.4 Å². The second-order valence-electron chi connectivity index (χ2n) is 11.7. The number of aliphatic hydroxyl groups is 2. The molecule has 4 unspecified atom stereocenters. The Morgan fingerprint density at radius 3 is 2.62 bits per heavy atom. The van der Waals surface area contributed by atoms with E-state index in [1.54, 1.807) is 27.2 Å². The lowest BCUT2D eigenvalue weighted by molar-refractivity contribution is -0.175. The Hall–Kier alpha value is -2.27. The average molecular weight is 562 g/mol.